The monoisotopic (exact) mass is 487 g/mol. The highest BCUT2D eigenvalue weighted by atomic mass is 32.2. The summed E-state index contributed by atoms with van der Waals surface area (Å²) in [6.45, 7) is 8.03. The molecule has 2 aromatic rings. The zero-order valence-corrected chi connectivity index (χ0v) is 21.6. The molecule has 0 saturated carbocycles. The van der Waals surface area contributed by atoms with Crippen molar-refractivity contribution in [2.75, 3.05) is 17.1 Å². The fourth-order valence-electron chi connectivity index (χ4n) is 3.91. The minimum atomic E-state index is -3.51. The van der Waals surface area contributed by atoms with E-state index in [1.807, 2.05) is 70.2 Å². The van der Waals surface area contributed by atoms with Crippen molar-refractivity contribution in [1.82, 2.24) is 10.2 Å². The first-order valence-corrected chi connectivity index (χ1v) is 13.6. The number of anilines is 1. The van der Waals surface area contributed by atoms with Gasteiger partial charge in [-0.15, -0.1) is 0 Å². The molecular weight excluding hydrogens is 450 g/mol. The molecule has 2 rings (SSSR count). The highest BCUT2D eigenvalue weighted by Crippen LogP contribution is 2.23. The second-order valence-corrected chi connectivity index (χ2v) is 10.7. The fraction of sp³-hybridized carbons (Fsp3) is 0.462. The molecule has 2 amide bonds. The van der Waals surface area contributed by atoms with Gasteiger partial charge in [0, 0.05) is 25.6 Å². The molecule has 7 nitrogen and oxygen atoms in total. The zero-order chi connectivity index (χ0) is 25.3. The minimum Gasteiger partial charge on any atom is -0.352 e. The number of rotatable bonds is 12. The van der Waals surface area contributed by atoms with E-state index in [-0.39, 0.29) is 30.8 Å². The van der Waals surface area contributed by atoms with Gasteiger partial charge in [-0.1, -0.05) is 55.5 Å². The van der Waals surface area contributed by atoms with Crippen LogP contribution in [0, 0.1) is 6.92 Å². The van der Waals surface area contributed by atoms with Gasteiger partial charge in [0.25, 0.3) is 0 Å². The van der Waals surface area contributed by atoms with Crippen molar-refractivity contribution in [3.63, 3.8) is 0 Å². The topological polar surface area (TPSA) is 86.8 Å². The molecule has 1 atom stereocenters. The molecule has 8 heteroatoms. The minimum absolute atomic E-state index is 0.0346. The van der Waals surface area contributed by atoms with Gasteiger partial charge < -0.3 is 10.2 Å². The molecule has 0 aliphatic carbocycles. The van der Waals surface area contributed by atoms with Gasteiger partial charge in [0.15, 0.2) is 0 Å². The van der Waals surface area contributed by atoms with Crippen LogP contribution in [0.25, 0.3) is 0 Å². The molecule has 0 unspecified atom stereocenters. The molecule has 0 fully saturated rings. The number of amides is 2. The van der Waals surface area contributed by atoms with Gasteiger partial charge in [-0.3, -0.25) is 13.9 Å². The van der Waals surface area contributed by atoms with Crippen molar-refractivity contribution in [2.24, 2.45) is 0 Å². The Balaban J connectivity index is 2.20. The van der Waals surface area contributed by atoms with Gasteiger partial charge in [0.2, 0.25) is 21.8 Å². The van der Waals surface area contributed by atoms with E-state index in [4.69, 9.17) is 0 Å². The number of aryl methyl sites for hydroxylation is 1. The molecule has 186 valence electrons. The van der Waals surface area contributed by atoms with Gasteiger partial charge >= 0.3 is 0 Å². The van der Waals surface area contributed by atoms with Crippen molar-refractivity contribution in [2.45, 2.75) is 65.6 Å². The fourth-order valence-corrected chi connectivity index (χ4v) is 4.93. The lowest BCUT2D eigenvalue weighted by Gasteiger charge is -2.31. The molecule has 0 saturated heterocycles. The second kappa shape index (κ2) is 12.6. The van der Waals surface area contributed by atoms with Gasteiger partial charge in [0.05, 0.1) is 11.9 Å². The van der Waals surface area contributed by atoms with Crippen LogP contribution in [0.15, 0.2) is 54.6 Å². The van der Waals surface area contributed by atoms with E-state index in [0.717, 1.165) is 11.1 Å². The summed E-state index contributed by atoms with van der Waals surface area (Å²) in [5.41, 5.74) is 2.40. The van der Waals surface area contributed by atoms with Crippen LogP contribution in [0.4, 0.5) is 5.69 Å². The normalized spacial score (nSPS) is 12.3. The largest absolute Gasteiger partial charge is 0.352 e. The number of hydrogen-bond donors (Lipinski definition) is 1. The highest BCUT2D eigenvalue weighted by molar-refractivity contribution is 7.92. The third-order valence-corrected chi connectivity index (χ3v) is 6.73. The molecule has 1 N–H and O–H groups in total. The number of hydrogen-bond acceptors (Lipinski definition) is 4. The number of nitrogens with zero attached hydrogens (tertiary/aromatic N) is 2. The Bertz CT molecular complexity index is 1050. The lowest BCUT2D eigenvalue weighted by molar-refractivity contribution is -0.141. The number of benzene rings is 2. The summed E-state index contributed by atoms with van der Waals surface area (Å²) in [5, 5.41) is 2.92. The van der Waals surface area contributed by atoms with Crippen molar-refractivity contribution in [1.29, 1.82) is 0 Å². The van der Waals surface area contributed by atoms with Gasteiger partial charge in [-0.25, -0.2) is 8.42 Å². The molecule has 0 radical (unpaired) electrons. The Morgan fingerprint density at radius 3 is 2.18 bits per heavy atom. The standard InChI is InChI=1S/C26H37N3O4S/c1-6-23(26(31)27-20(2)3)28(19-22-14-8-7-9-15-22)25(30)17-12-18-29(34(5,32)33)24-16-11-10-13-21(24)4/h7-11,13-16,20,23H,6,12,17-19H2,1-5H3,(H,27,31)/t23-/m1/s1. The highest BCUT2D eigenvalue weighted by Gasteiger charge is 2.29. The van der Waals surface area contributed by atoms with Gasteiger partial charge in [0.1, 0.15) is 6.04 Å². The summed E-state index contributed by atoms with van der Waals surface area (Å²) in [6, 6.07) is 16.2. The van der Waals surface area contributed by atoms with Crippen LogP contribution in [0.5, 0.6) is 0 Å². The van der Waals surface area contributed by atoms with E-state index in [1.165, 1.54) is 10.6 Å². The number of para-hydroxylation sites is 1. The maximum Gasteiger partial charge on any atom is 0.243 e. The molecule has 0 heterocycles. The molecule has 0 aliphatic heterocycles. The summed E-state index contributed by atoms with van der Waals surface area (Å²) in [6.07, 6.45) is 2.13. The quantitative estimate of drug-likeness (QED) is 0.492. The Hall–Kier alpha value is -2.87. The SMILES string of the molecule is CC[C@H](C(=O)NC(C)C)N(Cc1ccccc1)C(=O)CCCN(c1ccccc1C)S(C)(=O)=O. The van der Waals surface area contributed by atoms with E-state index in [0.29, 0.717) is 25.1 Å². The van der Waals surface area contributed by atoms with Crippen molar-refractivity contribution >= 4 is 27.5 Å². The van der Waals surface area contributed by atoms with E-state index >= 15 is 0 Å². The lowest BCUT2D eigenvalue weighted by Crippen LogP contribution is -2.50. The van der Waals surface area contributed by atoms with Gasteiger partial charge in [-0.2, -0.15) is 0 Å². The second-order valence-electron chi connectivity index (χ2n) is 8.82. The number of sulfonamides is 1. The maximum atomic E-state index is 13.4. The molecule has 2 aromatic carbocycles. The lowest BCUT2D eigenvalue weighted by atomic mass is 10.1. The predicted octanol–water partition coefficient (Wildman–Crippen LogP) is 3.87. The van der Waals surface area contributed by atoms with Crippen LogP contribution in [-0.2, 0) is 26.2 Å². The van der Waals surface area contributed by atoms with Crippen LogP contribution in [0.2, 0.25) is 0 Å². The third-order valence-electron chi connectivity index (χ3n) is 5.55. The maximum absolute atomic E-state index is 13.4. The molecule has 0 aliphatic rings. The van der Waals surface area contributed by atoms with E-state index in [9.17, 15) is 18.0 Å². The van der Waals surface area contributed by atoms with Crippen LogP contribution >= 0.6 is 0 Å². The average Bonchev–Trinajstić information content (AvgIpc) is 2.76. The summed E-state index contributed by atoms with van der Waals surface area (Å²) in [5.74, 6) is -0.354. The van der Waals surface area contributed by atoms with Crippen LogP contribution in [-0.4, -0.2) is 50.0 Å². The summed E-state index contributed by atoms with van der Waals surface area (Å²) in [7, 11) is -3.51. The van der Waals surface area contributed by atoms with Gasteiger partial charge in [-0.05, 0) is 50.8 Å². The Kier molecular flexibility index (Phi) is 10.1. The molecular formula is C26H37N3O4S. The van der Waals surface area contributed by atoms with E-state index < -0.39 is 16.1 Å². The molecule has 34 heavy (non-hydrogen) atoms. The first-order valence-electron chi connectivity index (χ1n) is 11.7. The Labute approximate surface area is 204 Å². The Morgan fingerprint density at radius 2 is 1.62 bits per heavy atom. The van der Waals surface area contributed by atoms with E-state index in [1.54, 1.807) is 17.0 Å². The van der Waals surface area contributed by atoms with Crippen molar-refractivity contribution in [3.05, 3.63) is 65.7 Å². The van der Waals surface area contributed by atoms with Crippen molar-refractivity contribution < 1.29 is 18.0 Å². The first kappa shape index (κ1) is 27.4. The smallest absolute Gasteiger partial charge is 0.243 e. The number of carbonyl (C=O) groups excluding carboxylic acids is 2. The van der Waals surface area contributed by atoms with Crippen LogP contribution in [0.3, 0.4) is 0 Å². The Morgan fingerprint density at radius 1 is 1.00 bits per heavy atom. The molecule has 0 spiro atoms. The summed E-state index contributed by atoms with van der Waals surface area (Å²) in [4.78, 5) is 27.8. The summed E-state index contributed by atoms with van der Waals surface area (Å²) < 4.78 is 26.3. The molecule has 0 bridgehead atoms. The average molecular weight is 488 g/mol. The van der Waals surface area contributed by atoms with Crippen LogP contribution in [0.1, 0.15) is 51.2 Å². The van der Waals surface area contributed by atoms with Crippen molar-refractivity contribution in [3.8, 4) is 0 Å². The molecule has 0 aromatic heterocycles. The third kappa shape index (κ3) is 7.87. The van der Waals surface area contributed by atoms with Crippen LogP contribution < -0.4 is 9.62 Å². The number of nitrogens with one attached hydrogen (secondary N) is 1. The first-order chi connectivity index (χ1) is 16.0. The summed E-state index contributed by atoms with van der Waals surface area (Å²) >= 11 is 0. The zero-order valence-electron chi connectivity index (χ0n) is 20.8. The number of carbonyl (C=O) groups is 2. The van der Waals surface area contributed by atoms with E-state index in [2.05, 4.69) is 5.32 Å². The predicted molar refractivity (Wildman–Crippen MR) is 137 cm³/mol.